The molecule has 5 nitrogen and oxygen atoms in total. The standard InChI is InChI=1S/C12H14BrN3O2/c1-8-12(16-18-15-8)6-14-11-5-3-4-10(13)9(11)7-17-2/h3-5,14H,6-7H2,1-2H3. The second-order valence-corrected chi connectivity index (χ2v) is 4.70. The maximum absolute atomic E-state index is 5.19. The third-order valence-corrected chi connectivity index (χ3v) is 3.34. The van der Waals surface area contributed by atoms with E-state index in [0.717, 1.165) is 27.1 Å². The van der Waals surface area contributed by atoms with Crippen molar-refractivity contribution >= 4 is 21.6 Å². The minimum Gasteiger partial charge on any atom is -0.380 e. The number of halogens is 1. The van der Waals surface area contributed by atoms with E-state index in [9.17, 15) is 0 Å². The summed E-state index contributed by atoms with van der Waals surface area (Å²) in [6.45, 7) is 2.98. The Bertz CT molecular complexity index is 528. The van der Waals surface area contributed by atoms with Gasteiger partial charge in [0.1, 0.15) is 11.4 Å². The smallest absolute Gasteiger partial charge is 0.127 e. The summed E-state index contributed by atoms with van der Waals surface area (Å²) in [4.78, 5) is 0. The Morgan fingerprint density at radius 2 is 2.22 bits per heavy atom. The number of hydrogen-bond donors (Lipinski definition) is 1. The summed E-state index contributed by atoms with van der Waals surface area (Å²) in [7, 11) is 1.68. The average molecular weight is 312 g/mol. The number of nitrogens with one attached hydrogen (secondary N) is 1. The average Bonchev–Trinajstić information content (AvgIpc) is 2.76. The minimum absolute atomic E-state index is 0.541. The molecule has 0 saturated carbocycles. The van der Waals surface area contributed by atoms with E-state index in [-0.39, 0.29) is 0 Å². The zero-order valence-corrected chi connectivity index (χ0v) is 11.8. The van der Waals surface area contributed by atoms with Crippen LogP contribution in [0.5, 0.6) is 0 Å². The molecule has 0 radical (unpaired) electrons. The van der Waals surface area contributed by atoms with E-state index in [1.165, 1.54) is 0 Å². The van der Waals surface area contributed by atoms with Crippen molar-refractivity contribution in [3.8, 4) is 0 Å². The molecule has 2 aromatic rings. The molecule has 0 atom stereocenters. The molecule has 2 rings (SSSR count). The van der Waals surface area contributed by atoms with Gasteiger partial charge in [-0.2, -0.15) is 0 Å². The molecular formula is C12H14BrN3O2. The molecule has 0 amide bonds. The lowest BCUT2D eigenvalue weighted by Gasteiger charge is -2.12. The molecule has 6 heteroatoms. The molecule has 0 aliphatic heterocycles. The topological polar surface area (TPSA) is 60.2 Å². The van der Waals surface area contributed by atoms with Gasteiger partial charge in [-0.15, -0.1) is 0 Å². The fraction of sp³-hybridized carbons (Fsp3) is 0.333. The lowest BCUT2D eigenvalue weighted by Crippen LogP contribution is -2.05. The van der Waals surface area contributed by atoms with Gasteiger partial charge in [0.25, 0.3) is 0 Å². The van der Waals surface area contributed by atoms with Crippen LogP contribution in [0.4, 0.5) is 5.69 Å². The Hall–Kier alpha value is -1.40. The van der Waals surface area contributed by atoms with Crippen molar-refractivity contribution in [2.45, 2.75) is 20.1 Å². The quantitative estimate of drug-likeness (QED) is 0.920. The Balaban J connectivity index is 2.14. The van der Waals surface area contributed by atoms with E-state index in [1.807, 2.05) is 25.1 Å². The molecule has 0 fully saturated rings. The largest absolute Gasteiger partial charge is 0.380 e. The van der Waals surface area contributed by atoms with Crippen molar-refractivity contribution < 1.29 is 9.37 Å². The third kappa shape index (κ3) is 2.88. The third-order valence-electron chi connectivity index (χ3n) is 2.60. The molecule has 18 heavy (non-hydrogen) atoms. The lowest BCUT2D eigenvalue weighted by atomic mass is 10.2. The zero-order chi connectivity index (χ0) is 13.0. The van der Waals surface area contributed by atoms with E-state index < -0.39 is 0 Å². The number of ether oxygens (including phenoxy) is 1. The van der Waals surface area contributed by atoms with Gasteiger partial charge >= 0.3 is 0 Å². The molecule has 0 aliphatic rings. The van der Waals surface area contributed by atoms with Gasteiger partial charge in [0.05, 0.1) is 13.2 Å². The van der Waals surface area contributed by atoms with Crippen LogP contribution in [0.1, 0.15) is 17.0 Å². The lowest BCUT2D eigenvalue weighted by molar-refractivity contribution is 0.185. The van der Waals surface area contributed by atoms with Crippen LogP contribution in [0, 0.1) is 6.92 Å². The van der Waals surface area contributed by atoms with Crippen LogP contribution in [0.2, 0.25) is 0 Å². The number of hydrogen-bond acceptors (Lipinski definition) is 5. The van der Waals surface area contributed by atoms with E-state index in [2.05, 4.69) is 36.2 Å². The predicted molar refractivity (Wildman–Crippen MR) is 71.2 cm³/mol. The summed E-state index contributed by atoms with van der Waals surface area (Å²) in [6, 6.07) is 5.96. The first-order chi connectivity index (χ1) is 8.72. The monoisotopic (exact) mass is 311 g/mol. The molecule has 0 saturated heterocycles. The van der Waals surface area contributed by atoms with Crippen LogP contribution in [0.25, 0.3) is 0 Å². The summed E-state index contributed by atoms with van der Waals surface area (Å²) in [5.74, 6) is 0. The second-order valence-electron chi connectivity index (χ2n) is 3.85. The van der Waals surface area contributed by atoms with Crippen molar-refractivity contribution in [3.05, 3.63) is 39.6 Å². The number of rotatable bonds is 5. The predicted octanol–water partition coefficient (Wildman–Crippen LogP) is 2.90. The van der Waals surface area contributed by atoms with Gasteiger partial charge in [0.2, 0.25) is 0 Å². The molecule has 0 bridgehead atoms. The van der Waals surface area contributed by atoms with Crippen LogP contribution in [0.3, 0.4) is 0 Å². The van der Waals surface area contributed by atoms with Gasteiger partial charge in [0, 0.05) is 22.8 Å². The van der Waals surface area contributed by atoms with Crippen molar-refractivity contribution in [2.75, 3.05) is 12.4 Å². The number of benzene rings is 1. The molecule has 1 aromatic carbocycles. The number of nitrogens with zero attached hydrogens (tertiary/aromatic N) is 2. The first-order valence-corrected chi connectivity index (χ1v) is 6.30. The SMILES string of the molecule is COCc1c(Br)cccc1NCc1nonc1C. The maximum atomic E-state index is 5.19. The minimum atomic E-state index is 0.541. The highest BCUT2D eigenvalue weighted by Crippen LogP contribution is 2.26. The second kappa shape index (κ2) is 5.97. The molecule has 0 unspecified atom stereocenters. The van der Waals surface area contributed by atoms with Crippen molar-refractivity contribution in [3.63, 3.8) is 0 Å². The highest BCUT2D eigenvalue weighted by Gasteiger charge is 2.09. The number of aryl methyl sites for hydroxylation is 1. The number of methoxy groups -OCH3 is 1. The highest BCUT2D eigenvalue weighted by molar-refractivity contribution is 9.10. The van der Waals surface area contributed by atoms with Crippen LogP contribution in [-0.4, -0.2) is 17.4 Å². The van der Waals surface area contributed by atoms with Gasteiger partial charge in [-0.1, -0.05) is 32.3 Å². The summed E-state index contributed by atoms with van der Waals surface area (Å²) >= 11 is 3.51. The van der Waals surface area contributed by atoms with Crippen molar-refractivity contribution in [1.29, 1.82) is 0 Å². The fourth-order valence-corrected chi connectivity index (χ4v) is 2.08. The van der Waals surface area contributed by atoms with Gasteiger partial charge < -0.3 is 10.1 Å². The Kier molecular flexibility index (Phi) is 4.33. The molecule has 1 heterocycles. The number of aromatic nitrogens is 2. The summed E-state index contributed by atoms with van der Waals surface area (Å²) in [5.41, 5.74) is 3.69. The van der Waals surface area contributed by atoms with Crippen LogP contribution >= 0.6 is 15.9 Å². The zero-order valence-electron chi connectivity index (χ0n) is 10.2. The van der Waals surface area contributed by atoms with Crippen LogP contribution in [0.15, 0.2) is 27.3 Å². The van der Waals surface area contributed by atoms with E-state index in [0.29, 0.717) is 13.2 Å². The Morgan fingerprint density at radius 1 is 1.39 bits per heavy atom. The summed E-state index contributed by atoms with van der Waals surface area (Å²) in [6.07, 6.45) is 0. The van der Waals surface area contributed by atoms with E-state index in [1.54, 1.807) is 7.11 Å². The molecule has 0 spiro atoms. The van der Waals surface area contributed by atoms with E-state index >= 15 is 0 Å². The molecule has 0 aliphatic carbocycles. The highest BCUT2D eigenvalue weighted by atomic mass is 79.9. The molecule has 1 aromatic heterocycles. The Labute approximate surface area is 114 Å². The first kappa shape index (κ1) is 13.0. The maximum Gasteiger partial charge on any atom is 0.127 e. The van der Waals surface area contributed by atoms with Gasteiger partial charge in [-0.25, -0.2) is 4.63 Å². The number of anilines is 1. The molecule has 1 N–H and O–H groups in total. The van der Waals surface area contributed by atoms with Gasteiger partial charge in [0.15, 0.2) is 0 Å². The molecular weight excluding hydrogens is 298 g/mol. The molecule has 96 valence electrons. The van der Waals surface area contributed by atoms with Crippen molar-refractivity contribution in [1.82, 2.24) is 10.3 Å². The van der Waals surface area contributed by atoms with Crippen LogP contribution < -0.4 is 5.32 Å². The van der Waals surface area contributed by atoms with Crippen LogP contribution in [-0.2, 0) is 17.9 Å². The van der Waals surface area contributed by atoms with Gasteiger partial charge in [-0.3, -0.25) is 0 Å². The summed E-state index contributed by atoms with van der Waals surface area (Å²) < 4.78 is 10.9. The van der Waals surface area contributed by atoms with Crippen molar-refractivity contribution in [2.24, 2.45) is 0 Å². The van der Waals surface area contributed by atoms with E-state index in [4.69, 9.17) is 4.74 Å². The fourth-order valence-electron chi connectivity index (χ4n) is 1.60. The van der Waals surface area contributed by atoms with Gasteiger partial charge in [-0.05, 0) is 19.1 Å². The normalized spacial score (nSPS) is 10.6. The Morgan fingerprint density at radius 3 is 2.89 bits per heavy atom. The first-order valence-electron chi connectivity index (χ1n) is 5.50. The summed E-state index contributed by atoms with van der Waals surface area (Å²) in [5, 5.41) is 10.9.